The van der Waals surface area contributed by atoms with Crippen LogP contribution in [0.2, 0.25) is 0 Å². The third kappa shape index (κ3) is 32.2. The van der Waals surface area contributed by atoms with Gasteiger partial charge in [0.05, 0.1) is 6.61 Å². The maximum atomic E-state index is 13.0. The number of carbonyl (C=O) groups is 2. The largest absolute Gasteiger partial charge is 0.472 e. The minimum absolute atomic E-state index is 0.0345. The standard InChI is InChI=1S/C47H82O16P2/c1-3-5-7-9-11-13-15-17-19-20-22-24-26-28-30-32-34-36-41(49)61-39(37-59-40(48)35-33-31-29-27-25-23-21-18-16-14-12-10-8-6-4-2)38-60-65(57,58)63-47-44(52)42(50)43(51)46(45(47)53)62-64(54,55)56/h11,13-14,16-17,19,22,24,28,30,39,42-47,50-53H,3-10,12,15,18,20-21,23,25-27,29,31-38H2,1-2H3,(H,57,58)(H2,54,55,56)/b13-11-,16-14-,19-17-,24-22-,30-28-/t39-,42?,43?,44?,45?,46-,47+/m1/s1. The molecule has 1 rings (SSSR count). The monoisotopic (exact) mass is 965 g/mol. The molecule has 18 heteroatoms. The highest BCUT2D eigenvalue weighted by Crippen LogP contribution is 2.49. The molecule has 1 aliphatic rings. The van der Waals surface area contributed by atoms with Gasteiger partial charge in [-0.05, 0) is 77.0 Å². The highest BCUT2D eigenvalue weighted by Gasteiger charge is 2.54. The van der Waals surface area contributed by atoms with Crippen LogP contribution >= 0.6 is 15.6 Å². The summed E-state index contributed by atoms with van der Waals surface area (Å²) >= 11 is 0. The second kappa shape index (κ2) is 37.7. The summed E-state index contributed by atoms with van der Waals surface area (Å²) in [6.45, 7) is 3.02. The van der Waals surface area contributed by atoms with E-state index in [1.807, 2.05) is 12.2 Å². The van der Waals surface area contributed by atoms with E-state index in [-0.39, 0.29) is 12.8 Å². The van der Waals surface area contributed by atoms with E-state index in [0.29, 0.717) is 19.3 Å². The van der Waals surface area contributed by atoms with Gasteiger partial charge in [-0.15, -0.1) is 0 Å². The molecule has 0 spiro atoms. The molecule has 0 heterocycles. The lowest BCUT2D eigenvalue weighted by Gasteiger charge is -2.43. The molecule has 0 bridgehead atoms. The Hall–Kier alpha value is -2.30. The summed E-state index contributed by atoms with van der Waals surface area (Å²) in [5.74, 6) is -1.28. The van der Waals surface area contributed by atoms with E-state index in [1.54, 1.807) is 0 Å². The van der Waals surface area contributed by atoms with E-state index in [4.69, 9.17) is 18.5 Å². The number of phosphoric ester groups is 2. The summed E-state index contributed by atoms with van der Waals surface area (Å²) in [5.41, 5.74) is 0. The Labute approximate surface area is 388 Å². The van der Waals surface area contributed by atoms with Gasteiger partial charge in [0.15, 0.2) is 6.10 Å². The molecule has 8 atom stereocenters. The molecule has 1 saturated carbocycles. The van der Waals surface area contributed by atoms with Crippen LogP contribution in [0.4, 0.5) is 0 Å². The lowest BCUT2D eigenvalue weighted by molar-refractivity contribution is -0.216. The van der Waals surface area contributed by atoms with Gasteiger partial charge in [-0.2, -0.15) is 0 Å². The molecular weight excluding hydrogens is 882 g/mol. The van der Waals surface area contributed by atoms with Gasteiger partial charge in [0.1, 0.15) is 43.2 Å². The molecule has 7 N–H and O–H groups in total. The van der Waals surface area contributed by atoms with Crippen LogP contribution in [0, 0.1) is 0 Å². The van der Waals surface area contributed by atoms with Crippen molar-refractivity contribution in [3.8, 4) is 0 Å². The maximum absolute atomic E-state index is 13.0. The first-order valence-electron chi connectivity index (χ1n) is 23.8. The number of hydrogen-bond acceptors (Lipinski definition) is 13. The third-order valence-electron chi connectivity index (χ3n) is 10.6. The quantitative estimate of drug-likeness (QED) is 0.0131. The number of aliphatic hydroxyl groups excluding tert-OH is 4. The summed E-state index contributed by atoms with van der Waals surface area (Å²) < 4.78 is 49.3. The fourth-order valence-corrected chi connectivity index (χ4v) is 8.37. The Bertz CT molecular complexity index is 1490. The lowest BCUT2D eigenvalue weighted by Crippen LogP contribution is -2.64. The fourth-order valence-electron chi connectivity index (χ4n) is 6.84. The van der Waals surface area contributed by atoms with Crippen molar-refractivity contribution in [1.29, 1.82) is 0 Å². The number of aliphatic hydroxyl groups is 4. The number of unbranched alkanes of at least 4 members (excludes halogenated alkanes) is 15. The zero-order valence-electron chi connectivity index (χ0n) is 38.9. The van der Waals surface area contributed by atoms with Crippen molar-refractivity contribution in [2.75, 3.05) is 13.2 Å². The molecule has 0 aromatic rings. The van der Waals surface area contributed by atoms with Crippen LogP contribution in [0.5, 0.6) is 0 Å². The molecule has 0 aromatic carbocycles. The molecule has 65 heavy (non-hydrogen) atoms. The lowest BCUT2D eigenvalue weighted by atomic mass is 9.85. The molecule has 376 valence electrons. The number of carbonyl (C=O) groups excluding carboxylic acids is 2. The van der Waals surface area contributed by atoms with Gasteiger partial charge in [0.2, 0.25) is 0 Å². The zero-order chi connectivity index (χ0) is 48.2. The molecule has 0 aromatic heterocycles. The third-order valence-corrected chi connectivity index (χ3v) is 12.1. The minimum Gasteiger partial charge on any atom is -0.462 e. The van der Waals surface area contributed by atoms with Crippen molar-refractivity contribution < 1.29 is 76.9 Å². The van der Waals surface area contributed by atoms with Crippen molar-refractivity contribution in [2.24, 2.45) is 0 Å². The van der Waals surface area contributed by atoms with Crippen molar-refractivity contribution in [1.82, 2.24) is 0 Å². The normalized spacial score (nSPS) is 22.2. The Morgan fingerprint density at radius 2 is 0.908 bits per heavy atom. The summed E-state index contributed by atoms with van der Waals surface area (Å²) in [7, 11) is -10.7. The molecule has 1 fully saturated rings. The number of esters is 2. The van der Waals surface area contributed by atoms with Crippen LogP contribution in [0.3, 0.4) is 0 Å². The Morgan fingerprint density at radius 3 is 1.45 bits per heavy atom. The van der Waals surface area contributed by atoms with Crippen molar-refractivity contribution in [2.45, 2.75) is 211 Å². The van der Waals surface area contributed by atoms with Gasteiger partial charge >= 0.3 is 27.6 Å². The van der Waals surface area contributed by atoms with Gasteiger partial charge in [-0.3, -0.25) is 23.2 Å². The van der Waals surface area contributed by atoms with Crippen LogP contribution < -0.4 is 0 Å². The predicted octanol–water partition coefficient (Wildman–Crippen LogP) is 9.06. The maximum Gasteiger partial charge on any atom is 0.472 e. The van der Waals surface area contributed by atoms with E-state index in [9.17, 15) is 53.8 Å². The molecule has 1 aliphatic carbocycles. The average molecular weight is 965 g/mol. The Kier molecular flexibility index (Phi) is 35.2. The second-order valence-electron chi connectivity index (χ2n) is 16.5. The minimum atomic E-state index is -5.37. The summed E-state index contributed by atoms with van der Waals surface area (Å²) in [6, 6.07) is 0. The van der Waals surface area contributed by atoms with Crippen LogP contribution in [0.15, 0.2) is 60.8 Å². The highest BCUT2D eigenvalue weighted by molar-refractivity contribution is 7.47. The first-order valence-corrected chi connectivity index (χ1v) is 26.9. The van der Waals surface area contributed by atoms with Crippen molar-refractivity contribution in [3.63, 3.8) is 0 Å². The van der Waals surface area contributed by atoms with Gasteiger partial charge in [-0.1, -0.05) is 139 Å². The summed E-state index contributed by atoms with van der Waals surface area (Å²) in [4.78, 5) is 54.2. The fraction of sp³-hybridized carbons (Fsp3) is 0.745. The zero-order valence-corrected chi connectivity index (χ0v) is 40.7. The van der Waals surface area contributed by atoms with Crippen molar-refractivity contribution in [3.05, 3.63) is 60.8 Å². The number of allylic oxidation sites excluding steroid dienone is 10. The highest BCUT2D eigenvalue weighted by atomic mass is 31.2. The summed E-state index contributed by atoms with van der Waals surface area (Å²) in [5, 5.41) is 41.2. The van der Waals surface area contributed by atoms with Gasteiger partial charge in [0, 0.05) is 12.8 Å². The second-order valence-corrected chi connectivity index (χ2v) is 19.1. The van der Waals surface area contributed by atoms with E-state index in [0.717, 1.165) is 77.0 Å². The molecule has 5 unspecified atom stereocenters. The molecule has 0 radical (unpaired) electrons. The average Bonchev–Trinajstić information content (AvgIpc) is 3.26. The summed E-state index contributed by atoms with van der Waals surface area (Å²) in [6.07, 6.45) is 29.0. The first-order chi connectivity index (χ1) is 31.1. The molecule has 0 aliphatic heterocycles. The molecule has 0 saturated heterocycles. The van der Waals surface area contributed by atoms with Crippen molar-refractivity contribution >= 4 is 27.6 Å². The SMILES string of the molecule is CCCCC/C=C\C/C=C\C/C=C\C/C=C\CCCC(=O)O[C@H](COC(=O)CCCCCCCCC/C=C\CCCCCC)COP(=O)(O)O[C@H]1C(O)C(O)C(O)[C@@H](OP(=O)(O)O)C1O. The number of ether oxygens (including phenoxy) is 2. The van der Waals surface area contributed by atoms with Crippen LogP contribution in [0.25, 0.3) is 0 Å². The van der Waals surface area contributed by atoms with Gasteiger partial charge in [-0.25, -0.2) is 9.13 Å². The Morgan fingerprint density at radius 1 is 0.492 bits per heavy atom. The first kappa shape index (κ1) is 60.7. The number of hydrogen-bond donors (Lipinski definition) is 7. The van der Waals surface area contributed by atoms with E-state index in [1.165, 1.54) is 44.9 Å². The van der Waals surface area contributed by atoms with Crippen LogP contribution in [-0.4, -0.2) is 103 Å². The van der Waals surface area contributed by atoms with E-state index < -0.39 is 83.5 Å². The molecule has 0 amide bonds. The molecular formula is C47H82O16P2. The van der Waals surface area contributed by atoms with E-state index in [2.05, 4.69) is 67.0 Å². The topological polar surface area (TPSA) is 256 Å². The van der Waals surface area contributed by atoms with E-state index >= 15 is 0 Å². The Balaban J connectivity index is 2.64. The van der Waals surface area contributed by atoms with Gasteiger partial charge in [0.25, 0.3) is 0 Å². The van der Waals surface area contributed by atoms with Crippen LogP contribution in [0.1, 0.15) is 168 Å². The smallest absolute Gasteiger partial charge is 0.462 e. The predicted molar refractivity (Wildman–Crippen MR) is 250 cm³/mol. The molecule has 16 nitrogen and oxygen atoms in total. The van der Waals surface area contributed by atoms with Gasteiger partial charge < -0.3 is 44.6 Å². The number of phosphoric acid groups is 2. The van der Waals surface area contributed by atoms with Crippen LogP contribution in [-0.2, 0) is 41.8 Å². The number of rotatable bonds is 39.